The molecule has 9 atom stereocenters. The van der Waals surface area contributed by atoms with E-state index in [1.165, 1.54) is 0 Å². The van der Waals surface area contributed by atoms with E-state index in [1.807, 2.05) is 27.7 Å². The van der Waals surface area contributed by atoms with Crippen LogP contribution in [0.2, 0.25) is 0 Å². The van der Waals surface area contributed by atoms with E-state index in [9.17, 15) is 96.8 Å². The Kier molecular flexibility index (Phi) is 59.8. The first-order valence-corrected chi connectivity index (χ1v) is 42.8. The average molecular weight is 1870 g/mol. The minimum absolute atomic E-state index is 0.0217. The number of rotatable bonds is 65. The summed E-state index contributed by atoms with van der Waals surface area (Å²) >= 11 is 0. The van der Waals surface area contributed by atoms with Crippen LogP contribution in [0.15, 0.2) is 34.4 Å². The van der Waals surface area contributed by atoms with Crippen molar-refractivity contribution in [2.75, 3.05) is 106 Å². The van der Waals surface area contributed by atoms with Crippen molar-refractivity contribution in [1.29, 1.82) is 5.26 Å². The van der Waals surface area contributed by atoms with Crippen molar-refractivity contribution in [2.24, 2.45) is 5.92 Å². The Hall–Kier alpha value is -10.4. The molecule has 1 saturated carbocycles. The molecule has 1 fully saturated rings. The van der Waals surface area contributed by atoms with Crippen LogP contribution in [0.1, 0.15) is 194 Å². The highest BCUT2D eigenvalue weighted by Crippen LogP contribution is 2.49. The Labute approximate surface area is 749 Å². The first-order chi connectivity index (χ1) is 60.9. The first kappa shape index (κ1) is 117. The van der Waals surface area contributed by atoms with Gasteiger partial charge in [-0.1, -0.05) is 0 Å². The number of nitrogens with one attached hydrogen (secondary N) is 8. The van der Waals surface area contributed by atoms with E-state index in [-0.39, 0.29) is 142 Å². The van der Waals surface area contributed by atoms with Crippen LogP contribution in [0.3, 0.4) is 0 Å². The molecule has 0 heterocycles. The average Bonchev–Trinajstić information content (AvgIpc) is 0.949. The molecule has 11 N–H and O–H groups in total. The molecule has 0 bridgehead atoms. The molecule has 9 unspecified atom stereocenters. The van der Waals surface area contributed by atoms with Gasteiger partial charge < -0.3 is 138 Å². The third-order valence-electron chi connectivity index (χ3n) is 17.0. The summed E-state index contributed by atoms with van der Waals surface area (Å²) in [4.78, 5) is 215. The highest BCUT2D eigenvalue weighted by molar-refractivity contribution is 7.44. The lowest BCUT2D eigenvalue weighted by Crippen LogP contribution is -2.51. The van der Waals surface area contributed by atoms with Gasteiger partial charge >= 0.3 is 53.7 Å². The van der Waals surface area contributed by atoms with Crippen molar-refractivity contribution in [3.8, 4) is 6.07 Å². The van der Waals surface area contributed by atoms with Crippen LogP contribution in [0, 0.1) is 17.2 Å². The maximum absolute atomic E-state index is 14.3. The van der Waals surface area contributed by atoms with Crippen molar-refractivity contribution >= 4 is 110 Å². The van der Waals surface area contributed by atoms with Crippen molar-refractivity contribution in [1.82, 2.24) is 47.2 Å². The van der Waals surface area contributed by atoms with Crippen LogP contribution in [0.5, 0.6) is 0 Å². The number of amides is 8. The molecule has 0 spiro atoms. The zero-order valence-corrected chi connectivity index (χ0v) is 76.9. The lowest BCUT2D eigenvalue weighted by Gasteiger charge is -2.38. The van der Waals surface area contributed by atoms with Crippen LogP contribution in [-0.4, -0.2) is 294 Å². The van der Waals surface area contributed by atoms with Gasteiger partial charge in [-0.15, -0.1) is 0 Å². The summed E-state index contributed by atoms with van der Waals surface area (Å²) in [6.45, 7) is 16.3. The summed E-state index contributed by atoms with van der Waals surface area (Å²) in [5.74, 6) is -16.0. The molecular weight excluding hydrogens is 1740 g/mol. The largest absolute Gasteiger partial charge is 0.466 e. The SMILES string of the molecule is CC(=O)N/C(=C(\OC(C)=O)C(CCOC(C)=O)OC(C)=O)C(O)OCCOCCNC(=O)CCC(NC(=O)CCC(NC(=O)[C@H]1CC[C@@H](OP(OCCCC#N)N(C(C)C)C(C)C)CC1)C(=O)NCCOCCOC(O)/C(NC(C)=O)=C(/OC(C)=O)C(CCOC(C)=O)OC(C)=O)C(=O)NCCOCCOC(O)/C(NC(C)=O)=C(/OC(C)=O)C(CCOC(C)=O)OC(C)=O. The summed E-state index contributed by atoms with van der Waals surface area (Å²) in [7, 11) is -1.59. The summed E-state index contributed by atoms with van der Waals surface area (Å²) in [6.07, 6.45) is -11.4. The molecule has 8 amide bonds. The smallest absolute Gasteiger partial charge is 0.307 e. The van der Waals surface area contributed by atoms with Crippen LogP contribution in [-0.2, 0) is 162 Å². The molecular formula is C81H129N10O37P. The van der Waals surface area contributed by atoms with Gasteiger partial charge in [0.25, 0.3) is 8.53 Å². The van der Waals surface area contributed by atoms with Gasteiger partial charge in [0.2, 0.25) is 47.3 Å². The van der Waals surface area contributed by atoms with E-state index in [2.05, 4.69) is 53.3 Å². The minimum Gasteiger partial charge on any atom is -0.466 e. The van der Waals surface area contributed by atoms with Gasteiger partial charge in [0.1, 0.15) is 29.2 Å². The number of nitrogens with zero attached hydrogens (tertiary/aromatic N) is 2. The number of hydrogen-bond donors (Lipinski definition) is 11. The summed E-state index contributed by atoms with van der Waals surface area (Å²) in [6, 6.07) is -0.770. The topological polar surface area (TPSA) is 631 Å². The number of hydrogen-bond acceptors (Lipinski definition) is 39. The maximum atomic E-state index is 14.3. The second kappa shape index (κ2) is 66.1. The molecule has 129 heavy (non-hydrogen) atoms. The molecule has 0 radical (unpaired) electrons. The van der Waals surface area contributed by atoms with Crippen LogP contribution >= 0.6 is 8.53 Å². The lowest BCUT2D eigenvalue weighted by molar-refractivity contribution is -0.154. The van der Waals surface area contributed by atoms with Gasteiger partial charge in [-0.05, 0) is 72.6 Å². The van der Waals surface area contributed by atoms with Gasteiger partial charge in [-0.25, -0.2) is 4.67 Å². The number of esters is 9. The fourth-order valence-corrected chi connectivity index (χ4v) is 13.6. The number of carbonyl (C=O) groups excluding carboxylic acids is 17. The molecule has 0 aliphatic heterocycles. The van der Waals surface area contributed by atoms with Gasteiger partial charge in [0.05, 0.1) is 98.1 Å². The Balaban J connectivity index is 3.70. The quantitative estimate of drug-likeness (QED) is 0.00989. The monoisotopic (exact) mass is 1860 g/mol. The molecule has 1 aliphatic carbocycles. The molecule has 730 valence electrons. The zero-order valence-electron chi connectivity index (χ0n) is 76.0. The molecule has 47 nitrogen and oxygen atoms in total. The second-order valence-electron chi connectivity index (χ2n) is 29.0. The van der Waals surface area contributed by atoms with Gasteiger partial charge in [0.15, 0.2) is 54.5 Å². The minimum atomic E-state index is -2.09. The maximum Gasteiger partial charge on any atom is 0.307 e. The predicted octanol–water partition coefficient (Wildman–Crippen LogP) is 0.548. The molecule has 0 aromatic heterocycles. The Morgan fingerprint density at radius 2 is 0.744 bits per heavy atom. The molecule has 0 saturated heterocycles. The van der Waals surface area contributed by atoms with E-state index in [0.29, 0.717) is 32.1 Å². The number of nitriles is 1. The Morgan fingerprint density at radius 3 is 1.06 bits per heavy atom. The molecule has 48 heteroatoms. The normalized spacial score (nSPS) is 15.7. The highest BCUT2D eigenvalue weighted by Gasteiger charge is 2.38. The van der Waals surface area contributed by atoms with Crippen LogP contribution in [0.25, 0.3) is 0 Å². The van der Waals surface area contributed by atoms with E-state index in [1.54, 1.807) is 0 Å². The van der Waals surface area contributed by atoms with Crippen molar-refractivity contribution < 1.29 is 177 Å². The molecule has 1 rings (SSSR count). The molecule has 0 aromatic carbocycles. The van der Waals surface area contributed by atoms with E-state index < -0.39 is 232 Å². The fourth-order valence-electron chi connectivity index (χ4n) is 11.8. The number of aliphatic hydroxyl groups excluding tert-OH is 3. The fraction of sp³-hybridized carbons (Fsp3) is 0.704. The van der Waals surface area contributed by atoms with E-state index in [4.69, 9.17) is 85.4 Å². The lowest BCUT2D eigenvalue weighted by atomic mass is 9.86. The van der Waals surface area contributed by atoms with Crippen molar-refractivity contribution in [3.05, 3.63) is 34.4 Å². The highest BCUT2D eigenvalue weighted by atomic mass is 31.2. The number of carbonyl (C=O) groups is 17. The molecule has 1 aliphatic rings. The van der Waals surface area contributed by atoms with E-state index >= 15 is 0 Å². The number of unbranched alkanes of at least 4 members (excludes halogenated alkanes) is 1. The number of ether oxygens (including phenoxy) is 15. The summed E-state index contributed by atoms with van der Waals surface area (Å²) < 4.78 is 94.8. The van der Waals surface area contributed by atoms with E-state index in [0.717, 1.165) is 83.1 Å². The summed E-state index contributed by atoms with van der Waals surface area (Å²) in [5.41, 5.74) is -1.65. The molecule has 0 aromatic rings. The third-order valence-corrected chi connectivity index (χ3v) is 19.2. The van der Waals surface area contributed by atoms with Gasteiger partial charge in [0, 0.05) is 159 Å². The van der Waals surface area contributed by atoms with Crippen molar-refractivity contribution in [2.45, 2.75) is 262 Å². The second-order valence-corrected chi connectivity index (χ2v) is 30.4. The first-order valence-electron chi connectivity index (χ1n) is 41.7. The van der Waals surface area contributed by atoms with Crippen LogP contribution < -0.4 is 42.5 Å². The summed E-state index contributed by atoms with van der Waals surface area (Å²) in [5, 5.41) is 62.8. The van der Waals surface area contributed by atoms with Crippen molar-refractivity contribution in [3.63, 3.8) is 0 Å². The third kappa shape index (κ3) is 53.4. The standard InChI is InChI=1S/C81H129N10O37P/c1-47(2)91(48(3)4)129(121-34-18-17-30-82)128-62-21-19-61(20-22-62)76(106)90-64(78(108)85-33-40-114-43-46-120-81(111)72(88-51(7)94)75(127-60(16)103)67(124-57(13)100)29-37-117-54(10)97)24-26-69(105)89-63(77(107)84-32-39-113-42-45-119-80(110)71(87-50(6)93)74(126-59(15)102)66(123-56(12)99)28-36-116-53(9)96)23-25-68(104)83-31-38-112-41-44-118-79(109)70(86-49(5)92)73(125-58(14)101)65(122-55(11)98)27-35-115-52(8)95/h47-48,61-67,79-81,109-111H,17-29,31-46H2,1-16H3,(H,83,104)(H,84,107)(H,85,108)(H,86,92)(H,87,93)(H,88,94)(H,89,105)(H,90,106)/b73-70-,74-71-,75-72-/t61-,62+,63?,64?,65?,66?,67?,79?,80?,81?,129?. The zero-order chi connectivity index (χ0) is 97.3. The van der Waals surface area contributed by atoms with Gasteiger partial charge in [-0.2, -0.15) is 5.26 Å². The number of aliphatic hydroxyl groups is 3. The predicted molar refractivity (Wildman–Crippen MR) is 445 cm³/mol. The van der Waals surface area contributed by atoms with Gasteiger partial charge in [-0.3, -0.25) is 81.5 Å². The Morgan fingerprint density at radius 1 is 0.403 bits per heavy atom. The van der Waals surface area contributed by atoms with Crippen LogP contribution in [0.4, 0.5) is 0 Å². The Bertz CT molecular complexity index is 3780.